The summed E-state index contributed by atoms with van der Waals surface area (Å²) in [6, 6.07) is 14.7. The predicted octanol–water partition coefficient (Wildman–Crippen LogP) is 3.34. The first kappa shape index (κ1) is 18.9. The average molecular weight is 390 g/mol. The van der Waals surface area contributed by atoms with E-state index in [0.29, 0.717) is 28.2 Å². The van der Waals surface area contributed by atoms with E-state index in [1.54, 1.807) is 37.1 Å². The smallest absolute Gasteiger partial charge is 0.254 e. The Morgan fingerprint density at radius 1 is 1.24 bits per heavy atom. The Kier molecular flexibility index (Phi) is 4.90. The van der Waals surface area contributed by atoms with Crippen molar-refractivity contribution in [1.82, 2.24) is 19.7 Å². The highest BCUT2D eigenvalue weighted by Gasteiger charge is 2.22. The zero-order chi connectivity index (χ0) is 20.5. The van der Waals surface area contributed by atoms with Gasteiger partial charge in [-0.25, -0.2) is 4.98 Å². The van der Waals surface area contributed by atoms with E-state index in [4.69, 9.17) is 4.42 Å². The molecule has 0 saturated heterocycles. The van der Waals surface area contributed by atoms with E-state index >= 15 is 0 Å². The fourth-order valence-electron chi connectivity index (χ4n) is 3.40. The molecule has 148 valence electrons. The summed E-state index contributed by atoms with van der Waals surface area (Å²) in [6.07, 6.45) is 0.783. The standard InChI is InChI=1S/C22H22N4O3/c1-14-8-9-21(29-14)18-12-16(15-6-4-5-7-17(15)24-18)22(28)25(2)13-20(27)19-10-11-23-26(19)3/h4-12,20,27H,13H2,1-3H3. The molecule has 0 aliphatic carbocycles. The number of furan rings is 1. The molecule has 1 aromatic carbocycles. The van der Waals surface area contributed by atoms with Gasteiger partial charge in [0, 0.05) is 25.7 Å². The van der Waals surface area contributed by atoms with Crippen molar-refractivity contribution in [2.45, 2.75) is 13.0 Å². The van der Waals surface area contributed by atoms with Crippen LogP contribution >= 0.6 is 0 Å². The van der Waals surface area contributed by atoms with Crippen LogP contribution in [-0.4, -0.2) is 44.3 Å². The molecule has 3 heterocycles. The number of aliphatic hydroxyl groups excluding tert-OH is 1. The van der Waals surface area contributed by atoms with Crippen LogP contribution in [0.25, 0.3) is 22.4 Å². The van der Waals surface area contributed by atoms with Crippen LogP contribution in [0.2, 0.25) is 0 Å². The highest BCUT2D eigenvalue weighted by molar-refractivity contribution is 6.07. The zero-order valence-electron chi connectivity index (χ0n) is 16.5. The molecule has 0 bridgehead atoms. The third-order valence-corrected chi connectivity index (χ3v) is 4.93. The van der Waals surface area contributed by atoms with Gasteiger partial charge in [-0.1, -0.05) is 18.2 Å². The van der Waals surface area contributed by atoms with Crippen LogP contribution in [0.15, 0.2) is 59.1 Å². The fraction of sp³-hybridized carbons (Fsp3) is 0.227. The van der Waals surface area contributed by atoms with Gasteiger partial charge in [0.05, 0.1) is 23.3 Å². The maximum absolute atomic E-state index is 13.3. The van der Waals surface area contributed by atoms with Gasteiger partial charge in [-0.05, 0) is 37.3 Å². The molecule has 7 nitrogen and oxygen atoms in total. The second-order valence-corrected chi connectivity index (χ2v) is 7.06. The largest absolute Gasteiger partial charge is 0.460 e. The minimum Gasteiger partial charge on any atom is -0.460 e. The van der Waals surface area contributed by atoms with Crippen LogP contribution in [0.4, 0.5) is 0 Å². The Labute approximate surface area is 168 Å². The summed E-state index contributed by atoms with van der Waals surface area (Å²) in [7, 11) is 3.43. The Balaban J connectivity index is 1.70. The van der Waals surface area contributed by atoms with Gasteiger partial charge in [-0.15, -0.1) is 0 Å². The minimum atomic E-state index is -0.836. The number of pyridine rings is 1. The number of hydrogen-bond acceptors (Lipinski definition) is 5. The molecule has 1 N–H and O–H groups in total. The maximum atomic E-state index is 13.3. The third-order valence-electron chi connectivity index (χ3n) is 4.93. The van der Waals surface area contributed by atoms with Crippen LogP contribution in [0.3, 0.4) is 0 Å². The zero-order valence-corrected chi connectivity index (χ0v) is 16.5. The number of likely N-dealkylation sites (N-methyl/N-ethyl adjacent to an activating group) is 1. The number of amides is 1. The van der Waals surface area contributed by atoms with E-state index in [9.17, 15) is 9.90 Å². The predicted molar refractivity (Wildman–Crippen MR) is 109 cm³/mol. The first-order valence-electron chi connectivity index (χ1n) is 9.32. The van der Waals surface area contributed by atoms with Crippen LogP contribution in [-0.2, 0) is 7.05 Å². The first-order chi connectivity index (χ1) is 13.9. The lowest BCUT2D eigenvalue weighted by Crippen LogP contribution is -2.32. The van der Waals surface area contributed by atoms with Gasteiger partial charge in [-0.2, -0.15) is 5.10 Å². The average Bonchev–Trinajstić information content (AvgIpc) is 3.34. The second kappa shape index (κ2) is 7.52. The Hall–Kier alpha value is -3.45. The first-order valence-corrected chi connectivity index (χ1v) is 9.32. The lowest BCUT2D eigenvalue weighted by Gasteiger charge is -2.22. The minimum absolute atomic E-state index is 0.143. The Morgan fingerprint density at radius 2 is 2.03 bits per heavy atom. The van der Waals surface area contributed by atoms with E-state index in [2.05, 4.69) is 10.1 Å². The molecular weight excluding hydrogens is 368 g/mol. The molecule has 0 fully saturated rings. The number of hydrogen-bond donors (Lipinski definition) is 1. The molecule has 29 heavy (non-hydrogen) atoms. The molecule has 0 saturated carbocycles. The van der Waals surface area contributed by atoms with Crippen molar-refractivity contribution in [2.75, 3.05) is 13.6 Å². The normalized spacial score (nSPS) is 12.3. The van der Waals surface area contributed by atoms with Crippen LogP contribution in [0.5, 0.6) is 0 Å². The van der Waals surface area contributed by atoms with Crippen LogP contribution < -0.4 is 0 Å². The Morgan fingerprint density at radius 3 is 2.72 bits per heavy atom. The summed E-state index contributed by atoms with van der Waals surface area (Å²) in [5.41, 5.74) is 2.47. The van der Waals surface area contributed by atoms with Gasteiger partial charge in [0.1, 0.15) is 17.6 Å². The molecule has 4 aromatic rings. The molecule has 1 unspecified atom stereocenters. The number of fused-ring (bicyclic) bond motifs is 1. The number of benzene rings is 1. The monoisotopic (exact) mass is 390 g/mol. The number of carbonyl (C=O) groups excluding carboxylic acids is 1. The second-order valence-electron chi connectivity index (χ2n) is 7.06. The van der Waals surface area contributed by atoms with Crippen molar-refractivity contribution in [3.05, 3.63) is 71.7 Å². The number of aryl methyl sites for hydroxylation is 2. The lowest BCUT2D eigenvalue weighted by molar-refractivity contribution is 0.0671. The van der Waals surface area contributed by atoms with E-state index in [1.165, 1.54) is 4.90 Å². The van der Waals surface area contributed by atoms with Gasteiger partial charge >= 0.3 is 0 Å². The summed E-state index contributed by atoms with van der Waals surface area (Å²) < 4.78 is 7.30. The SMILES string of the molecule is Cc1ccc(-c2cc(C(=O)N(C)CC(O)c3ccnn3C)c3ccccc3n2)o1. The molecule has 3 aromatic heterocycles. The van der Waals surface area contributed by atoms with E-state index in [-0.39, 0.29) is 12.5 Å². The van der Waals surface area contributed by atoms with Crippen molar-refractivity contribution in [2.24, 2.45) is 7.05 Å². The van der Waals surface area contributed by atoms with Crippen molar-refractivity contribution < 1.29 is 14.3 Å². The van der Waals surface area contributed by atoms with E-state index in [1.807, 2.05) is 43.3 Å². The van der Waals surface area contributed by atoms with Gasteiger partial charge in [0.25, 0.3) is 5.91 Å². The number of para-hydroxylation sites is 1. The van der Waals surface area contributed by atoms with E-state index in [0.717, 1.165) is 11.1 Å². The molecule has 0 spiro atoms. The summed E-state index contributed by atoms with van der Waals surface area (Å²) in [5, 5.41) is 15.3. The van der Waals surface area contributed by atoms with Gasteiger partial charge in [0.15, 0.2) is 5.76 Å². The van der Waals surface area contributed by atoms with Crippen LogP contribution in [0.1, 0.15) is 27.9 Å². The van der Waals surface area contributed by atoms with E-state index < -0.39 is 6.10 Å². The summed E-state index contributed by atoms with van der Waals surface area (Å²) >= 11 is 0. The topological polar surface area (TPSA) is 84.4 Å². The highest BCUT2D eigenvalue weighted by atomic mass is 16.3. The summed E-state index contributed by atoms with van der Waals surface area (Å²) in [4.78, 5) is 19.4. The van der Waals surface area contributed by atoms with Crippen molar-refractivity contribution in [1.29, 1.82) is 0 Å². The number of aromatic nitrogens is 3. The number of rotatable bonds is 5. The highest BCUT2D eigenvalue weighted by Crippen LogP contribution is 2.27. The number of carbonyl (C=O) groups is 1. The quantitative estimate of drug-likeness (QED) is 0.565. The van der Waals surface area contributed by atoms with Crippen molar-refractivity contribution in [3.8, 4) is 11.5 Å². The molecule has 0 radical (unpaired) electrons. The lowest BCUT2D eigenvalue weighted by atomic mass is 10.1. The maximum Gasteiger partial charge on any atom is 0.254 e. The molecular formula is C22H22N4O3. The fourth-order valence-corrected chi connectivity index (χ4v) is 3.40. The molecule has 1 atom stereocenters. The molecule has 7 heteroatoms. The van der Waals surface area contributed by atoms with Crippen molar-refractivity contribution >= 4 is 16.8 Å². The van der Waals surface area contributed by atoms with Gasteiger partial charge in [0.2, 0.25) is 0 Å². The summed E-state index contributed by atoms with van der Waals surface area (Å²) in [6.45, 7) is 2.01. The van der Waals surface area contributed by atoms with Gasteiger partial charge < -0.3 is 14.4 Å². The molecule has 0 aliphatic heterocycles. The molecule has 0 aliphatic rings. The van der Waals surface area contributed by atoms with Crippen LogP contribution in [0, 0.1) is 6.92 Å². The third kappa shape index (κ3) is 3.64. The molecule has 4 rings (SSSR count). The summed E-state index contributed by atoms with van der Waals surface area (Å²) in [5.74, 6) is 1.19. The number of nitrogens with zero attached hydrogens (tertiary/aromatic N) is 4. The van der Waals surface area contributed by atoms with Gasteiger partial charge in [-0.3, -0.25) is 9.48 Å². The van der Waals surface area contributed by atoms with Crippen molar-refractivity contribution in [3.63, 3.8) is 0 Å². The number of aliphatic hydroxyl groups is 1. The Bertz CT molecular complexity index is 1180. The molecule has 1 amide bonds.